The molecule has 4 nitrogen and oxygen atoms in total. The maximum absolute atomic E-state index is 11.7. The van der Waals surface area contributed by atoms with Gasteiger partial charge in [0.2, 0.25) is 5.91 Å². The fraction of sp³-hybridized carbons (Fsp3) is 0.500. The second kappa shape index (κ2) is 5.61. The van der Waals surface area contributed by atoms with Crippen LogP contribution in [0.2, 0.25) is 0 Å². The van der Waals surface area contributed by atoms with Gasteiger partial charge in [-0.25, -0.2) is 0 Å². The van der Waals surface area contributed by atoms with Crippen LogP contribution in [-0.4, -0.2) is 28.1 Å². The standard InChI is InChI=1S/C12H18N2O2/c1-3-12(2,9-15)14-11(16)8-10-4-6-13-7-5-10/h4-7,15H,3,8-9H2,1-2H3,(H,14,16). The average molecular weight is 222 g/mol. The van der Waals surface area contributed by atoms with Gasteiger partial charge in [0.1, 0.15) is 0 Å². The minimum Gasteiger partial charge on any atom is -0.394 e. The lowest BCUT2D eigenvalue weighted by Gasteiger charge is -2.27. The van der Waals surface area contributed by atoms with Crippen molar-refractivity contribution in [2.24, 2.45) is 0 Å². The van der Waals surface area contributed by atoms with E-state index in [1.165, 1.54) is 0 Å². The highest BCUT2D eigenvalue weighted by atomic mass is 16.3. The lowest BCUT2D eigenvalue weighted by molar-refractivity contribution is -0.122. The molecule has 2 N–H and O–H groups in total. The Morgan fingerprint density at radius 3 is 2.62 bits per heavy atom. The molecule has 0 saturated carbocycles. The quantitative estimate of drug-likeness (QED) is 0.778. The Bertz CT molecular complexity index is 334. The van der Waals surface area contributed by atoms with Gasteiger partial charge in [-0.1, -0.05) is 6.92 Å². The number of nitrogens with one attached hydrogen (secondary N) is 1. The number of nitrogens with zero attached hydrogens (tertiary/aromatic N) is 1. The summed E-state index contributed by atoms with van der Waals surface area (Å²) in [6.45, 7) is 3.71. The first-order valence-electron chi connectivity index (χ1n) is 5.40. The van der Waals surface area contributed by atoms with E-state index in [9.17, 15) is 9.90 Å². The van der Waals surface area contributed by atoms with E-state index in [4.69, 9.17) is 0 Å². The molecule has 1 amide bonds. The summed E-state index contributed by atoms with van der Waals surface area (Å²) < 4.78 is 0. The third kappa shape index (κ3) is 3.62. The lowest BCUT2D eigenvalue weighted by atomic mass is 10.00. The molecule has 1 rings (SSSR count). The van der Waals surface area contributed by atoms with Crippen LogP contribution in [0.3, 0.4) is 0 Å². The van der Waals surface area contributed by atoms with Crippen LogP contribution in [0.15, 0.2) is 24.5 Å². The molecule has 0 spiro atoms. The number of hydrogen-bond donors (Lipinski definition) is 2. The molecular weight excluding hydrogens is 204 g/mol. The zero-order valence-electron chi connectivity index (χ0n) is 9.73. The van der Waals surface area contributed by atoms with Gasteiger partial charge in [0.15, 0.2) is 0 Å². The highest BCUT2D eigenvalue weighted by Crippen LogP contribution is 2.08. The van der Waals surface area contributed by atoms with Crippen LogP contribution < -0.4 is 5.32 Å². The number of hydrogen-bond acceptors (Lipinski definition) is 3. The maximum atomic E-state index is 11.7. The molecule has 1 unspecified atom stereocenters. The van der Waals surface area contributed by atoms with Crippen LogP contribution in [0.25, 0.3) is 0 Å². The van der Waals surface area contributed by atoms with Gasteiger partial charge in [0.05, 0.1) is 18.6 Å². The van der Waals surface area contributed by atoms with E-state index in [1.54, 1.807) is 12.4 Å². The predicted molar refractivity (Wildman–Crippen MR) is 61.9 cm³/mol. The fourth-order valence-corrected chi connectivity index (χ4v) is 1.31. The van der Waals surface area contributed by atoms with E-state index in [-0.39, 0.29) is 12.5 Å². The molecule has 1 atom stereocenters. The first-order valence-corrected chi connectivity index (χ1v) is 5.40. The maximum Gasteiger partial charge on any atom is 0.224 e. The first-order chi connectivity index (χ1) is 7.59. The summed E-state index contributed by atoms with van der Waals surface area (Å²) in [5.41, 5.74) is 0.397. The summed E-state index contributed by atoms with van der Waals surface area (Å²) in [5.74, 6) is -0.0791. The third-order valence-corrected chi connectivity index (χ3v) is 2.68. The Balaban J connectivity index is 2.54. The molecule has 1 aromatic heterocycles. The minimum absolute atomic E-state index is 0.0500. The fourth-order valence-electron chi connectivity index (χ4n) is 1.31. The molecule has 0 aromatic carbocycles. The van der Waals surface area contributed by atoms with Crippen LogP contribution in [0.5, 0.6) is 0 Å². The number of aliphatic hydroxyl groups excluding tert-OH is 1. The van der Waals surface area contributed by atoms with Crippen molar-refractivity contribution in [3.8, 4) is 0 Å². The zero-order valence-corrected chi connectivity index (χ0v) is 9.73. The molecule has 0 radical (unpaired) electrons. The molecule has 0 aliphatic carbocycles. The Hall–Kier alpha value is -1.42. The summed E-state index contributed by atoms with van der Waals surface area (Å²) in [7, 11) is 0. The van der Waals surface area contributed by atoms with Gasteiger partial charge in [-0.05, 0) is 31.0 Å². The van der Waals surface area contributed by atoms with Crippen molar-refractivity contribution in [3.63, 3.8) is 0 Å². The summed E-state index contributed by atoms with van der Waals surface area (Å²) in [6, 6.07) is 3.61. The Kier molecular flexibility index (Phi) is 4.43. The van der Waals surface area contributed by atoms with E-state index in [0.29, 0.717) is 12.8 Å². The van der Waals surface area contributed by atoms with E-state index >= 15 is 0 Å². The summed E-state index contributed by atoms with van der Waals surface area (Å²) >= 11 is 0. The molecule has 1 aromatic rings. The minimum atomic E-state index is -0.524. The number of aliphatic hydroxyl groups is 1. The summed E-state index contributed by atoms with van der Waals surface area (Å²) in [5, 5.41) is 12.0. The van der Waals surface area contributed by atoms with Crippen LogP contribution in [-0.2, 0) is 11.2 Å². The second-order valence-corrected chi connectivity index (χ2v) is 4.15. The van der Waals surface area contributed by atoms with Crippen LogP contribution >= 0.6 is 0 Å². The smallest absolute Gasteiger partial charge is 0.224 e. The SMILES string of the molecule is CCC(C)(CO)NC(=O)Cc1ccncc1. The average Bonchev–Trinajstić information content (AvgIpc) is 2.30. The van der Waals surface area contributed by atoms with Crippen molar-refractivity contribution in [3.05, 3.63) is 30.1 Å². The normalized spacial score (nSPS) is 14.2. The number of amides is 1. The number of carbonyl (C=O) groups is 1. The highest BCUT2D eigenvalue weighted by molar-refractivity contribution is 5.79. The van der Waals surface area contributed by atoms with Crippen LogP contribution in [0.4, 0.5) is 0 Å². The Labute approximate surface area is 95.7 Å². The van der Waals surface area contributed by atoms with Crippen molar-refractivity contribution in [1.82, 2.24) is 10.3 Å². The van der Waals surface area contributed by atoms with E-state index in [1.807, 2.05) is 26.0 Å². The van der Waals surface area contributed by atoms with Crippen molar-refractivity contribution in [1.29, 1.82) is 0 Å². The molecule has 16 heavy (non-hydrogen) atoms. The van der Waals surface area contributed by atoms with Gasteiger partial charge in [-0.15, -0.1) is 0 Å². The lowest BCUT2D eigenvalue weighted by Crippen LogP contribution is -2.48. The van der Waals surface area contributed by atoms with Gasteiger partial charge in [-0.3, -0.25) is 9.78 Å². The van der Waals surface area contributed by atoms with Gasteiger partial charge >= 0.3 is 0 Å². The van der Waals surface area contributed by atoms with Crippen LogP contribution in [0, 0.1) is 0 Å². The molecule has 0 aliphatic heterocycles. The molecule has 88 valence electrons. The van der Waals surface area contributed by atoms with Crippen molar-refractivity contribution in [2.45, 2.75) is 32.2 Å². The number of pyridine rings is 1. The van der Waals surface area contributed by atoms with E-state index in [0.717, 1.165) is 5.56 Å². The largest absolute Gasteiger partial charge is 0.394 e. The number of carbonyl (C=O) groups excluding carboxylic acids is 1. The molecule has 0 saturated heterocycles. The molecular formula is C12H18N2O2. The molecule has 0 aliphatic rings. The van der Waals surface area contributed by atoms with Gasteiger partial charge in [0.25, 0.3) is 0 Å². The molecule has 0 bridgehead atoms. The van der Waals surface area contributed by atoms with E-state index in [2.05, 4.69) is 10.3 Å². The molecule has 4 heteroatoms. The Morgan fingerprint density at radius 2 is 2.12 bits per heavy atom. The highest BCUT2D eigenvalue weighted by Gasteiger charge is 2.22. The summed E-state index contributed by atoms with van der Waals surface area (Å²) in [4.78, 5) is 15.6. The zero-order chi connectivity index (χ0) is 12.0. The third-order valence-electron chi connectivity index (χ3n) is 2.68. The van der Waals surface area contributed by atoms with Gasteiger partial charge in [-0.2, -0.15) is 0 Å². The van der Waals surface area contributed by atoms with Crippen molar-refractivity contribution in [2.75, 3.05) is 6.61 Å². The number of rotatable bonds is 5. The predicted octanol–water partition coefficient (Wildman–Crippen LogP) is 0.901. The summed E-state index contributed by atoms with van der Waals surface area (Å²) in [6.07, 6.45) is 4.34. The van der Waals surface area contributed by atoms with Gasteiger partial charge < -0.3 is 10.4 Å². The topological polar surface area (TPSA) is 62.2 Å². The number of aromatic nitrogens is 1. The molecule has 0 fully saturated rings. The molecule has 1 heterocycles. The van der Waals surface area contributed by atoms with Gasteiger partial charge in [0, 0.05) is 12.4 Å². The van der Waals surface area contributed by atoms with Crippen molar-refractivity contribution >= 4 is 5.91 Å². The van der Waals surface area contributed by atoms with E-state index < -0.39 is 5.54 Å². The Morgan fingerprint density at radius 1 is 1.50 bits per heavy atom. The first kappa shape index (κ1) is 12.6. The second-order valence-electron chi connectivity index (χ2n) is 4.15. The van der Waals surface area contributed by atoms with Crippen LogP contribution in [0.1, 0.15) is 25.8 Å². The van der Waals surface area contributed by atoms with Crippen molar-refractivity contribution < 1.29 is 9.90 Å². The monoisotopic (exact) mass is 222 g/mol.